The summed E-state index contributed by atoms with van der Waals surface area (Å²) in [6.45, 7) is 0. The van der Waals surface area contributed by atoms with Crippen molar-refractivity contribution in [2.45, 2.75) is 31.2 Å². The number of halogens is 3. The molecule has 0 saturated heterocycles. The first-order valence-corrected chi connectivity index (χ1v) is 11.1. The Kier molecular flexibility index (Phi) is 5.35. The monoisotopic (exact) mass is 496 g/mol. The van der Waals surface area contributed by atoms with Gasteiger partial charge in [0.2, 0.25) is 0 Å². The van der Waals surface area contributed by atoms with Crippen LogP contribution in [0.4, 0.5) is 8.78 Å². The highest BCUT2D eigenvalue weighted by atomic mass is 79.9. The van der Waals surface area contributed by atoms with E-state index >= 15 is 0 Å². The van der Waals surface area contributed by atoms with Gasteiger partial charge in [0.15, 0.2) is 5.65 Å². The van der Waals surface area contributed by atoms with Gasteiger partial charge in [-0.1, -0.05) is 12.1 Å². The number of rotatable bonds is 5. The predicted molar refractivity (Wildman–Crippen MR) is 122 cm³/mol. The van der Waals surface area contributed by atoms with Crippen LogP contribution < -0.4 is 11.3 Å². The molecule has 0 unspecified atom stereocenters. The molecule has 1 saturated carbocycles. The number of pyridine rings is 1. The van der Waals surface area contributed by atoms with Crippen LogP contribution in [0, 0.1) is 11.6 Å². The maximum atomic E-state index is 13.7. The Morgan fingerprint density at radius 2 is 1.78 bits per heavy atom. The van der Waals surface area contributed by atoms with E-state index in [1.54, 1.807) is 12.3 Å². The summed E-state index contributed by atoms with van der Waals surface area (Å²) in [7, 11) is 0. The smallest absolute Gasteiger partial charge is 0.267 e. The standard InChI is InChI=1S/C24H19BrF2N4O/c25-16-10-20-22(29-12-16)30-23(21(28)9-13-7-17(26)11-18(27)8-13)31(24(20)32)19-5-3-15(4-6-19)14-1-2-14/h3-8,10-12,14,21H,1-2,9,28H2/t21-/m0/s1. The average Bonchev–Trinajstić information content (AvgIpc) is 3.59. The average molecular weight is 497 g/mol. The Balaban J connectivity index is 1.64. The van der Waals surface area contributed by atoms with Crippen molar-refractivity contribution in [1.29, 1.82) is 0 Å². The van der Waals surface area contributed by atoms with Gasteiger partial charge in [0.05, 0.1) is 17.1 Å². The fourth-order valence-corrected chi connectivity index (χ4v) is 4.28. The summed E-state index contributed by atoms with van der Waals surface area (Å²) in [6.07, 6.45) is 4.01. The molecule has 0 radical (unpaired) electrons. The minimum atomic E-state index is -0.790. The van der Waals surface area contributed by atoms with Gasteiger partial charge in [-0.2, -0.15) is 0 Å². The van der Waals surface area contributed by atoms with E-state index in [4.69, 9.17) is 5.73 Å². The molecule has 0 bridgehead atoms. The van der Waals surface area contributed by atoms with Crippen molar-refractivity contribution in [1.82, 2.24) is 14.5 Å². The largest absolute Gasteiger partial charge is 0.321 e. The van der Waals surface area contributed by atoms with Crippen LogP contribution in [0.3, 0.4) is 0 Å². The lowest BCUT2D eigenvalue weighted by molar-refractivity contribution is 0.572. The molecule has 5 rings (SSSR count). The quantitative estimate of drug-likeness (QED) is 0.424. The van der Waals surface area contributed by atoms with Gasteiger partial charge in [0, 0.05) is 16.7 Å². The van der Waals surface area contributed by atoms with E-state index in [0.717, 1.165) is 6.07 Å². The van der Waals surface area contributed by atoms with E-state index in [9.17, 15) is 13.6 Å². The van der Waals surface area contributed by atoms with E-state index in [1.807, 2.05) is 24.3 Å². The molecule has 2 N–H and O–H groups in total. The number of aromatic nitrogens is 3. The zero-order valence-corrected chi connectivity index (χ0v) is 18.5. The number of fused-ring (bicyclic) bond motifs is 1. The first-order valence-electron chi connectivity index (χ1n) is 10.3. The molecule has 2 aromatic heterocycles. The number of nitrogens with zero attached hydrogens (tertiary/aromatic N) is 3. The fourth-order valence-electron chi connectivity index (χ4n) is 3.95. The van der Waals surface area contributed by atoms with Crippen molar-refractivity contribution in [3.05, 3.63) is 98.1 Å². The molecule has 32 heavy (non-hydrogen) atoms. The van der Waals surface area contributed by atoms with Crippen LogP contribution in [0.1, 0.15) is 41.8 Å². The number of hydrogen-bond acceptors (Lipinski definition) is 4. The molecule has 1 aliphatic rings. The zero-order chi connectivity index (χ0) is 22.4. The predicted octanol–water partition coefficient (Wildman–Crippen LogP) is 4.94. The van der Waals surface area contributed by atoms with Crippen LogP contribution in [0.5, 0.6) is 0 Å². The summed E-state index contributed by atoms with van der Waals surface area (Å²) in [5.41, 5.74) is 8.64. The van der Waals surface area contributed by atoms with E-state index in [2.05, 4.69) is 25.9 Å². The molecule has 8 heteroatoms. The molecular weight excluding hydrogens is 478 g/mol. The van der Waals surface area contributed by atoms with Crippen molar-refractivity contribution >= 4 is 27.0 Å². The highest BCUT2D eigenvalue weighted by molar-refractivity contribution is 9.10. The van der Waals surface area contributed by atoms with E-state index in [1.165, 1.54) is 35.1 Å². The van der Waals surface area contributed by atoms with Crippen molar-refractivity contribution in [2.24, 2.45) is 5.73 Å². The van der Waals surface area contributed by atoms with Crippen molar-refractivity contribution in [2.75, 3.05) is 0 Å². The maximum absolute atomic E-state index is 13.7. The van der Waals surface area contributed by atoms with E-state index < -0.39 is 17.7 Å². The zero-order valence-electron chi connectivity index (χ0n) is 16.9. The van der Waals surface area contributed by atoms with E-state index in [0.29, 0.717) is 27.0 Å². The minimum Gasteiger partial charge on any atom is -0.321 e. The van der Waals surface area contributed by atoms with Gasteiger partial charge in [0.25, 0.3) is 5.56 Å². The second-order valence-electron chi connectivity index (χ2n) is 8.09. The molecule has 2 heterocycles. The number of benzene rings is 2. The lowest BCUT2D eigenvalue weighted by Gasteiger charge is -2.19. The summed E-state index contributed by atoms with van der Waals surface area (Å²) in [5, 5.41) is 0.346. The van der Waals surface area contributed by atoms with Crippen molar-refractivity contribution in [3.63, 3.8) is 0 Å². The lowest BCUT2D eigenvalue weighted by Crippen LogP contribution is -2.29. The Bertz CT molecular complexity index is 1360. The summed E-state index contributed by atoms with van der Waals surface area (Å²) >= 11 is 3.35. The molecule has 1 fully saturated rings. The Morgan fingerprint density at radius 3 is 2.44 bits per heavy atom. The third-order valence-corrected chi connectivity index (χ3v) is 6.06. The minimum absolute atomic E-state index is 0.101. The molecule has 0 aliphatic heterocycles. The molecule has 1 aliphatic carbocycles. The SMILES string of the molecule is N[C@@H](Cc1cc(F)cc(F)c1)c1nc2ncc(Br)cc2c(=O)n1-c1ccc(C2CC2)cc1. The molecule has 162 valence electrons. The summed E-state index contributed by atoms with van der Waals surface area (Å²) in [4.78, 5) is 22.3. The van der Waals surface area contributed by atoms with Gasteiger partial charge >= 0.3 is 0 Å². The number of hydrogen-bond donors (Lipinski definition) is 1. The molecule has 0 amide bonds. The highest BCUT2D eigenvalue weighted by Crippen LogP contribution is 2.40. The Morgan fingerprint density at radius 1 is 1.09 bits per heavy atom. The fraction of sp³-hybridized carbons (Fsp3) is 0.208. The third-order valence-electron chi connectivity index (χ3n) is 5.63. The van der Waals surface area contributed by atoms with E-state index in [-0.39, 0.29) is 23.5 Å². The second-order valence-corrected chi connectivity index (χ2v) is 9.01. The normalized spacial score (nSPS) is 14.6. The van der Waals surface area contributed by atoms with Crippen LogP contribution in [-0.2, 0) is 6.42 Å². The van der Waals surface area contributed by atoms with Crippen LogP contribution in [0.2, 0.25) is 0 Å². The topological polar surface area (TPSA) is 73.8 Å². The van der Waals surface area contributed by atoms with Crippen molar-refractivity contribution in [3.8, 4) is 5.69 Å². The van der Waals surface area contributed by atoms with Gasteiger partial charge < -0.3 is 5.73 Å². The van der Waals surface area contributed by atoms with Crippen molar-refractivity contribution < 1.29 is 8.78 Å². The molecule has 5 nitrogen and oxygen atoms in total. The highest BCUT2D eigenvalue weighted by Gasteiger charge is 2.24. The summed E-state index contributed by atoms with van der Waals surface area (Å²) < 4.78 is 29.5. The second kappa shape index (κ2) is 8.18. The first-order chi connectivity index (χ1) is 15.4. The first kappa shape index (κ1) is 20.9. The van der Waals surface area contributed by atoms with Gasteiger partial charge in [-0.25, -0.2) is 18.7 Å². The van der Waals surface area contributed by atoms with Gasteiger partial charge in [0.1, 0.15) is 17.5 Å². The van der Waals surface area contributed by atoms with Crippen LogP contribution in [0.15, 0.2) is 64.0 Å². The third kappa shape index (κ3) is 4.08. The van der Waals surface area contributed by atoms with Crippen LogP contribution in [-0.4, -0.2) is 14.5 Å². The van der Waals surface area contributed by atoms with Gasteiger partial charge in [-0.05, 0) is 82.6 Å². The van der Waals surface area contributed by atoms with Crippen LogP contribution in [0.25, 0.3) is 16.7 Å². The molecule has 2 aromatic carbocycles. The molecular formula is C24H19BrF2N4O. The lowest BCUT2D eigenvalue weighted by atomic mass is 10.0. The summed E-state index contributed by atoms with van der Waals surface area (Å²) in [6, 6.07) is 11.9. The number of nitrogens with two attached hydrogens (primary N) is 1. The maximum Gasteiger partial charge on any atom is 0.267 e. The summed E-state index contributed by atoms with van der Waals surface area (Å²) in [5.74, 6) is -0.502. The van der Waals surface area contributed by atoms with Gasteiger partial charge in [-0.15, -0.1) is 0 Å². The Labute approximate surface area is 191 Å². The molecule has 4 aromatic rings. The molecule has 1 atom stereocenters. The Hall–Kier alpha value is -2.97. The molecule has 0 spiro atoms. The van der Waals surface area contributed by atoms with Crippen LogP contribution >= 0.6 is 15.9 Å². The van der Waals surface area contributed by atoms with Gasteiger partial charge in [-0.3, -0.25) is 9.36 Å².